The van der Waals surface area contributed by atoms with Gasteiger partial charge in [0.1, 0.15) is 6.07 Å². The molecule has 94 valence electrons. The minimum Gasteiger partial charge on any atom is -0.363 e. The number of nitro groups is 1. The second-order valence-electron chi connectivity index (χ2n) is 4.34. The van der Waals surface area contributed by atoms with E-state index in [-0.39, 0.29) is 23.1 Å². The van der Waals surface area contributed by atoms with Crippen LogP contribution in [0.25, 0.3) is 0 Å². The fraction of sp³-hybridized carbons (Fsp3) is 0.455. The van der Waals surface area contributed by atoms with Crippen LogP contribution in [0.3, 0.4) is 0 Å². The first kappa shape index (κ1) is 12.3. The van der Waals surface area contributed by atoms with Crippen molar-refractivity contribution >= 4 is 11.5 Å². The van der Waals surface area contributed by atoms with Gasteiger partial charge in [-0.1, -0.05) is 0 Å². The van der Waals surface area contributed by atoms with Crippen molar-refractivity contribution < 1.29 is 4.92 Å². The molecule has 1 aliphatic carbocycles. The van der Waals surface area contributed by atoms with E-state index in [4.69, 9.17) is 11.0 Å². The van der Waals surface area contributed by atoms with Crippen LogP contribution in [-0.2, 0) is 0 Å². The second-order valence-corrected chi connectivity index (χ2v) is 4.34. The van der Waals surface area contributed by atoms with Crippen molar-refractivity contribution in [2.75, 3.05) is 11.9 Å². The summed E-state index contributed by atoms with van der Waals surface area (Å²) in [6.07, 6.45) is 3.54. The molecule has 0 aliphatic heterocycles. The Bertz CT molecular complexity index is 507. The van der Waals surface area contributed by atoms with Gasteiger partial charge in [-0.3, -0.25) is 10.1 Å². The zero-order chi connectivity index (χ0) is 13.1. The van der Waals surface area contributed by atoms with Gasteiger partial charge >= 0.3 is 5.69 Å². The van der Waals surface area contributed by atoms with Gasteiger partial charge in [0.15, 0.2) is 0 Å². The number of anilines is 1. The molecule has 1 saturated carbocycles. The van der Waals surface area contributed by atoms with Crippen molar-refractivity contribution in [1.29, 1.82) is 5.26 Å². The molecule has 1 unspecified atom stereocenters. The summed E-state index contributed by atoms with van der Waals surface area (Å²) in [5, 5.41) is 22.4. The Balaban J connectivity index is 2.11. The number of nitriles is 1. The molecule has 0 bridgehead atoms. The highest BCUT2D eigenvalue weighted by molar-refractivity contribution is 5.58. The Labute approximate surface area is 104 Å². The van der Waals surface area contributed by atoms with E-state index in [1.54, 1.807) is 0 Å². The highest BCUT2D eigenvalue weighted by Gasteiger charge is 2.28. The van der Waals surface area contributed by atoms with Crippen LogP contribution in [0.5, 0.6) is 0 Å². The van der Waals surface area contributed by atoms with E-state index in [1.165, 1.54) is 12.3 Å². The molecule has 1 atom stereocenters. The number of nitrogens with one attached hydrogen (secondary N) is 1. The summed E-state index contributed by atoms with van der Waals surface area (Å²) >= 11 is 0. The van der Waals surface area contributed by atoms with Crippen LogP contribution in [0, 0.1) is 27.4 Å². The Morgan fingerprint density at radius 1 is 1.72 bits per heavy atom. The molecule has 7 nitrogen and oxygen atoms in total. The number of aromatic nitrogens is 1. The Morgan fingerprint density at radius 2 is 2.44 bits per heavy atom. The van der Waals surface area contributed by atoms with E-state index in [2.05, 4.69) is 10.3 Å². The minimum absolute atomic E-state index is 0.0120. The van der Waals surface area contributed by atoms with Crippen LogP contribution >= 0.6 is 0 Å². The van der Waals surface area contributed by atoms with Crippen LogP contribution < -0.4 is 11.1 Å². The molecule has 1 aliphatic rings. The van der Waals surface area contributed by atoms with Gasteiger partial charge in [0.25, 0.3) is 0 Å². The van der Waals surface area contributed by atoms with Crippen molar-refractivity contribution in [2.24, 2.45) is 11.7 Å². The van der Waals surface area contributed by atoms with Gasteiger partial charge < -0.3 is 11.1 Å². The number of nitrogens with zero attached hydrogens (tertiary/aromatic N) is 3. The summed E-state index contributed by atoms with van der Waals surface area (Å²) < 4.78 is 0. The van der Waals surface area contributed by atoms with E-state index >= 15 is 0 Å². The topological polar surface area (TPSA) is 118 Å². The third kappa shape index (κ3) is 2.73. The highest BCUT2D eigenvalue weighted by atomic mass is 16.6. The first-order chi connectivity index (χ1) is 8.61. The SMILES string of the molecule is N#Cc1cnc(NCC(N)C2CC2)c([N+](=O)[O-])c1. The lowest BCUT2D eigenvalue weighted by molar-refractivity contribution is -0.384. The first-order valence-electron chi connectivity index (χ1n) is 5.66. The summed E-state index contributed by atoms with van der Waals surface area (Å²) in [5.41, 5.74) is 5.86. The van der Waals surface area contributed by atoms with E-state index < -0.39 is 4.92 Å². The minimum atomic E-state index is -0.557. The van der Waals surface area contributed by atoms with E-state index in [9.17, 15) is 10.1 Å². The normalized spacial score (nSPS) is 15.8. The maximum absolute atomic E-state index is 10.9. The molecule has 1 heterocycles. The van der Waals surface area contributed by atoms with Gasteiger partial charge in [0.05, 0.1) is 10.5 Å². The maximum Gasteiger partial charge on any atom is 0.312 e. The zero-order valence-electron chi connectivity index (χ0n) is 9.67. The third-order valence-electron chi connectivity index (χ3n) is 2.93. The summed E-state index contributed by atoms with van der Waals surface area (Å²) in [6, 6.07) is 3.02. The van der Waals surface area contributed by atoms with Crippen LogP contribution in [0.2, 0.25) is 0 Å². The average Bonchev–Trinajstić information content (AvgIpc) is 3.19. The summed E-state index contributed by atoms with van der Waals surface area (Å²) in [6.45, 7) is 0.449. The molecule has 1 aromatic rings. The monoisotopic (exact) mass is 247 g/mol. The van der Waals surface area contributed by atoms with Crippen molar-refractivity contribution in [2.45, 2.75) is 18.9 Å². The van der Waals surface area contributed by atoms with Crippen LogP contribution in [0.1, 0.15) is 18.4 Å². The summed E-state index contributed by atoms with van der Waals surface area (Å²) in [7, 11) is 0. The van der Waals surface area contributed by atoms with E-state index in [0.717, 1.165) is 12.8 Å². The predicted molar refractivity (Wildman–Crippen MR) is 64.8 cm³/mol. The highest BCUT2D eigenvalue weighted by Crippen LogP contribution is 2.32. The Morgan fingerprint density at radius 3 is 3.00 bits per heavy atom. The largest absolute Gasteiger partial charge is 0.363 e. The quantitative estimate of drug-likeness (QED) is 0.592. The van der Waals surface area contributed by atoms with Gasteiger partial charge in [-0.2, -0.15) is 5.26 Å². The molecule has 0 saturated heterocycles. The molecule has 3 N–H and O–H groups in total. The van der Waals surface area contributed by atoms with Crippen molar-refractivity contribution in [3.8, 4) is 6.07 Å². The van der Waals surface area contributed by atoms with E-state index in [0.29, 0.717) is 12.5 Å². The molecule has 0 spiro atoms. The van der Waals surface area contributed by atoms with Gasteiger partial charge in [0.2, 0.25) is 5.82 Å². The lowest BCUT2D eigenvalue weighted by Crippen LogP contribution is -2.31. The van der Waals surface area contributed by atoms with Gasteiger partial charge in [-0.25, -0.2) is 4.98 Å². The number of hydrogen-bond donors (Lipinski definition) is 2. The van der Waals surface area contributed by atoms with Crippen molar-refractivity contribution in [3.05, 3.63) is 27.9 Å². The van der Waals surface area contributed by atoms with Gasteiger partial charge in [0, 0.05) is 24.8 Å². The van der Waals surface area contributed by atoms with E-state index in [1.807, 2.05) is 6.07 Å². The number of pyridine rings is 1. The molecular formula is C11H13N5O2. The number of nitrogens with two attached hydrogens (primary N) is 1. The third-order valence-corrected chi connectivity index (χ3v) is 2.93. The predicted octanol–water partition coefficient (Wildman–Crippen LogP) is 1.01. The first-order valence-corrected chi connectivity index (χ1v) is 5.66. The van der Waals surface area contributed by atoms with Crippen LogP contribution in [-0.4, -0.2) is 22.5 Å². The molecule has 1 fully saturated rings. The van der Waals surface area contributed by atoms with Crippen LogP contribution in [0.15, 0.2) is 12.3 Å². The summed E-state index contributed by atoms with van der Waals surface area (Å²) in [5.74, 6) is 0.671. The zero-order valence-corrected chi connectivity index (χ0v) is 9.67. The molecular weight excluding hydrogens is 234 g/mol. The molecule has 1 aromatic heterocycles. The number of rotatable bonds is 5. The molecule has 0 amide bonds. The number of hydrogen-bond acceptors (Lipinski definition) is 6. The van der Waals surface area contributed by atoms with Crippen molar-refractivity contribution in [1.82, 2.24) is 4.98 Å². The van der Waals surface area contributed by atoms with Gasteiger partial charge in [-0.05, 0) is 18.8 Å². The molecule has 0 radical (unpaired) electrons. The Kier molecular flexibility index (Phi) is 3.39. The Hall–Kier alpha value is -2.20. The molecule has 2 rings (SSSR count). The molecule has 0 aromatic carbocycles. The second kappa shape index (κ2) is 4.98. The van der Waals surface area contributed by atoms with Gasteiger partial charge in [-0.15, -0.1) is 0 Å². The fourth-order valence-corrected chi connectivity index (χ4v) is 1.70. The van der Waals surface area contributed by atoms with Crippen LogP contribution in [0.4, 0.5) is 11.5 Å². The van der Waals surface area contributed by atoms with Crippen molar-refractivity contribution in [3.63, 3.8) is 0 Å². The summed E-state index contributed by atoms with van der Waals surface area (Å²) in [4.78, 5) is 14.2. The maximum atomic E-state index is 10.9. The lowest BCUT2D eigenvalue weighted by Gasteiger charge is -2.11. The average molecular weight is 247 g/mol. The standard InChI is InChI=1S/C11H13N5O2/c12-4-7-3-10(16(17)18)11(14-5-7)15-6-9(13)8-1-2-8/h3,5,8-9H,1-2,6,13H2,(H,14,15). The smallest absolute Gasteiger partial charge is 0.312 e. The molecule has 7 heteroatoms. The lowest BCUT2D eigenvalue weighted by atomic mass is 10.2. The molecule has 18 heavy (non-hydrogen) atoms. The fourth-order valence-electron chi connectivity index (χ4n) is 1.70.